The van der Waals surface area contributed by atoms with E-state index in [9.17, 15) is 0 Å². The number of para-hydroxylation sites is 1. The number of ether oxygens (including phenoxy) is 1. The van der Waals surface area contributed by atoms with Gasteiger partial charge in [0.1, 0.15) is 12.4 Å². The van der Waals surface area contributed by atoms with Crippen LogP contribution in [0.4, 0.5) is 5.69 Å². The summed E-state index contributed by atoms with van der Waals surface area (Å²) in [5.74, 6) is 0.790. The molecular weight excluding hydrogens is 210 g/mol. The number of halogens is 1. The molecule has 0 unspecified atom stereocenters. The molecule has 2 rings (SSSR count). The van der Waals surface area contributed by atoms with Crippen LogP contribution in [0.1, 0.15) is 6.92 Å². The van der Waals surface area contributed by atoms with E-state index in [-0.39, 0.29) is 0 Å². The van der Waals surface area contributed by atoms with Gasteiger partial charge in [-0.2, -0.15) is 0 Å². The number of anilines is 1. The second kappa shape index (κ2) is 4.41. The van der Waals surface area contributed by atoms with Crippen LogP contribution in [0.3, 0.4) is 0 Å². The number of hydrogen-bond acceptors (Lipinski definition) is 2. The average Bonchev–Trinajstić information content (AvgIpc) is 2.59. The molecular formula is C12H12ClNO. The smallest absolute Gasteiger partial charge is 0.116 e. The molecule has 0 atom stereocenters. The number of hydrogen-bond donors (Lipinski definition) is 1. The van der Waals surface area contributed by atoms with Crippen molar-refractivity contribution in [2.75, 3.05) is 11.9 Å². The van der Waals surface area contributed by atoms with Crippen LogP contribution < -0.4 is 5.32 Å². The van der Waals surface area contributed by atoms with Gasteiger partial charge in [-0.25, -0.2) is 0 Å². The Morgan fingerprint density at radius 2 is 2.07 bits per heavy atom. The number of allylic oxidation sites excluding steroid dienone is 1. The van der Waals surface area contributed by atoms with Gasteiger partial charge >= 0.3 is 0 Å². The van der Waals surface area contributed by atoms with E-state index < -0.39 is 0 Å². The summed E-state index contributed by atoms with van der Waals surface area (Å²) in [6, 6.07) is 9.94. The third-order valence-corrected chi connectivity index (χ3v) is 2.73. The molecule has 0 spiro atoms. The summed E-state index contributed by atoms with van der Waals surface area (Å²) in [5, 5.41) is 3.88. The van der Waals surface area contributed by atoms with E-state index in [1.165, 1.54) is 0 Å². The Hall–Kier alpha value is -1.41. The molecule has 1 heterocycles. The van der Waals surface area contributed by atoms with Crippen molar-refractivity contribution >= 4 is 17.3 Å². The van der Waals surface area contributed by atoms with Gasteiger partial charge in [0.05, 0.1) is 5.03 Å². The summed E-state index contributed by atoms with van der Waals surface area (Å²) in [5.41, 5.74) is 2.03. The van der Waals surface area contributed by atoms with Crippen LogP contribution in [0.15, 0.2) is 52.9 Å². The molecule has 1 aromatic rings. The molecule has 0 bridgehead atoms. The fraction of sp³-hybridized carbons (Fsp3) is 0.167. The van der Waals surface area contributed by atoms with Crippen LogP contribution in [0.25, 0.3) is 0 Å². The normalized spacial score (nSPS) is 18.1. The quantitative estimate of drug-likeness (QED) is 0.826. The van der Waals surface area contributed by atoms with Crippen molar-refractivity contribution in [3.63, 3.8) is 0 Å². The largest absolute Gasteiger partial charge is 0.492 e. The van der Waals surface area contributed by atoms with E-state index in [0.717, 1.165) is 17.0 Å². The molecule has 15 heavy (non-hydrogen) atoms. The van der Waals surface area contributed by atoms with E-state index in [2.05, 4.69) is 5.32 Å². The van der Waals surface area contributed by atoms with Crippen molar-refractivity contribution in [2.45, 2.75) is 6.92 Å². The average molecular weight is 222 g/mol. The zero-order valence-corrected chi connectivity index (χ0v) is 9.21. The Kier molecular flexibility index (Phi) is 2.97. The van der Waals surface area contributed by atoms with Gasteiger partial charge in [0, 0.05) is 17.5 Å². The van der Waals surface area contributed by atoms with Gasteiger partial charge < -0.3 is 10.1 Å². The number of benzene rings is 1. The van der Waals surface area contributed by atoms with E-state index in [1.807, 2.05) is 43.5 Å². The Balaban J connectivity index is 2.08. The van der Waals surface area contributed by atoms with Gasteiger partial charge in [0.2, 0.25) is 0 Å². The molecule has 0 aliphatic carbocycles. The zero-order valence-electron chi connectivity index (χ0n) is 8.46. The van der Waals surface area contributed by atoms with Gasteiger partial charge in [-0.3, -0.25) is 0 Å². The molecule has 1 aliphatic heterocycles. The molecule has 0 aromatic heterocycles. The van der Waals surface area contributed by atoms with Crippen molar-refractivity contribution in [1.82, 2.24) is 0 Å². The van der Waals surface area contributed by atoms with Crippen LogP contribution in [-0.2, 0) is 4.74 Å². The van der Waals surface area contributed by atoms with Gasteiger partial charge in [-0.05, 0) is 19.1 Å². The van der Waals surface area contributed by atoms with Gasteiger partial charge in [0.25, 0.3) is 0 Å². The molecule has 0 saturated carbocycles. The standard InChI is InChI=1S/C12H12ClNO/c1-9-12(13)10(8-15-9)7-14-11-5-3-2-4-6-11/h2-7,14H,8H2,1H3/b10-7+. The first kappa shape index (κ1) is 10.1. The lowest BCUT2D eigenvalue weighted by Gasteiger charge is -2.01. The molecule has 78 valence electrons. The summed E-state index contributed by atoms with van der Waals surface area (Å²) in [6.45, 7) is 2.41. The van der Waals surface area contributed by atoms with Crippen molar-refractivity contribution in [1.29, 1.82) is 0 Å². The summed E-state index contributed by atoms with van der Waals surface area (Å²) in [4.78, 5) is 0. The lowest BCUT2D eigenvalue weighted by Crippen LogP contribution is -1.92. The molecule has 1 N–H and O–H groups in total. The number of nitrogens with one attached hydrogen (secondary N) is 1. The molecule has 0 radical (unpaired) electrons. The zero-order chi connectivity index (χ0) is 10.7. The molecule has 0 amide bonds. The lowest BCUT2D eigenvalue weighted by molar-refractivity contribution is 0.263. The summed E-state index contributed by atoms with van der Waals surface area (Å²) < 4.78 is 5.31. The number of rotatable bonds is 2. The van der Waals surface area contributed by atoms with Crippen LogP contribution in [0.2, 0.25) is 0 Å². The summed E-state index contributed by atoms with van der Waals surface area (Å²) in [6.07, 6.45) is 1.88. The third-order valence-electron chi connectivity index (χ3n) is 2.22. The highest BCUT2D eigenvalue weighted by Gasteiger charge is 2.15. The van der Waals surface area contributed by atoms with Gasteiger partial charge in [-0.1, -0.05) is 29.8 Å². The molecule has 0 saturated heterocycles. The van der Waals surface area contributed by atoms with Crippen LogP contribution in [-0.4, -0.2) is 6.61 Å². The molecule has 1 aliphatic rings. The Labute approximate surface area is 94.2 Å². The third kappa shape index (κ3) is 2.34. The first-order valence-corrected chi connectivity index (χ1v) is 5.15. The van der Waals surface area contributed by atoms with E-state index in [0.29, 0.717) is 11.6 Å². The van der Waals surface area contributed by atoms with Gasteiger partial charge in [-0.15, -0.1) is 0 Å². The maximum Gasteiger partial charge on any atom is 0.116 e. The van der Waals surface area contributed by atoms with Crippen molar-refractivity contribution in [3.05, 3.63) is 52.9 Å². The fourth-order valence-electron chi connectivity index (χ4n) is 1.35. The maximum absolute atomic E-state index is 6.04. The van der Waals surface area contributed by atoms with E-state index >= 15 is 0 Å². The van der Waals surface area contributed by atoms with Gasteiger partial charge in [0.15, 0.2) is 0 Å². The van der Waals surface area contributed by atoms with Crippen LogP contribution in [0, 0.1) is 0 Å². The second-order valence-electron chi connectivity index (χ2n) is 3.34. The Morgan fingerprint density at radius 1 is 1.33 bits per heavy atom. The lowest BCUT2D eigenvalue weighted by atomic mass is 10.3. The minimum Gasteiger partial charge on any atom is -0.492 e. The maximum atomic E-state index is 6.04. The van der Waals surface area contributed by atoms with Crippen molar-refractivity contribution in [3.8, 4) is 0 Å². The van der Waals surface area contributed by atoms with E-state index in [4.69, 9.17) is 16.3 Å². The summed E-state index contributed by atoms with van der Waals surface area (Å²) >= 11 is 6.04. The van der Waals surface area contributed by atoms with Crippen LogP contribution in [0.5, 0.6) is 0 Å². The second-order valence-corrected chi connectivity index (χ2v) is 3.72. The predicted octanol–water partition coefficient (Wildman–Crippen LogP) is 3.48. The first-order valence-electron chi connectivity index (χ1n) is 4.77. The minimum atomic E-state index is 0.546. The fourth-order valence-corrected chi connectivity index (χ4v) is 1.51. The molecule has 3 heteroatoms. The monoisotopic (exact) mass is 221 g/mol. The highest BCUT2D eigenvalue weighted by atomic mass is 35.5. The molecule has 2 nitrogen and oxygen atoms in total. The highest BCUT2D eigenvalue weighted by Crippen LogP contribution is 2.27. The molecule has 1 aromatic carbocycles. The van der Waals surface area contributed by atoms with Crippen LogP contribution >= 0.6 is 11.6 Å². The molecule has 0 fully saturated rings. The van der Waals surface area contributed by atoms with Crippen molar-refractivity contribution in [2.24, 2.45) is 0 Å². The van der Waals surface area contributed by atoms with E-state index in [1.54, 1.807) is 0 Å². The SMILES string of the molecule is CC1=C(Cl)/C(=C/Nc2ccccc2)CO1. The first-order chi connectivity index (χ1) is 7.27. The predicted molar refractivity (Wildman–Crippen MR) is 62.7 cm³/mol. The minimum absolute atomic E-state index is 0.546. The Bertz CT molecular complexity index is 409. The Morgan fingerprint density at radius 3 is 2.67 bits per heavy atom. The highest BCUT2D eigenvalue weighted by molar-refractivity contribution is 6.32. The summed E-state index contributed by atoms with van der Waals surface area (Å²) in [7, 11) is 0. The van der Waals surface area contributed by atoms with Crippen molar-refractivity contribution < 1.29 is 4.74 Å². The topological polar surface area (TPSA) is 21.3 Å².